The molecule has 0 aliphatic heterocycles. The van der Waals surface area contributed by atoms with Crippen molar-refractivity contribution in [2.45, 2.75) is 38.5 Å². The van der Waals surface area contributed by atoms with Crippen molar-refractivity contribution in [3.8, 4) is 5.69 Å². The van der Waals surface area contributed by atoms with Gasteiger partial charge >= 0.3 is 0 Å². The lowest BCUT2D eigenvalue weighted by atomic mass is 9.75. The van der Waals surface area contributed by atoms with Gasteiger partial charge in [-0.1, -0.05) is 19.9 Å². The van der Waals surface area contributed by atoms with Crippen LogP contribution in [0.4, 0.5) is 10.2 Å². The van der Waals surface area contributed by atoms with Crippen LogP contribution in [0.1, 0.15) is 37.9 Å². The number of nitrogens with two attached hydrogens (primary N) is 1. The Morgan fingerprint density at radius 2 is 2.16 bits per heavy atom. The van der Waals surface area contributed by atoms with E-state index in [0.717, 1.165) is 30.5 Å². The number of aryl methyl sites for hydroxylation is 1. The molecule has 4 heteroatoms. The lowest BCUT2D eigenvalue weighted by molar-refractivity contribution is 0.432. The summed E-state index contributed by atoms with van der Waals surface area (Å²) >= 11 is 0. The van der Waals surface area contributed by atoms with E-state index >= 15 is 0 Å². The summed E-state index contributed by atoms with van der Waals surface area (Å²) < 4.78 is 15.0. The lowest BCUT2D eigenvalue weighted by Gasteiger charge is -2.29. The molecule has 0 amide bonds. The molecule has 0 bridgehead atoms. The molecule has 2 N–H and O–H groups in total. The van der Waals surface area contributed by atoms with E-state index in [1.54, 1.807) is 10.7 Å². The van der Waals surface area contributed by atoms with Crippen LogP contribution in [0.25, 0.3) is 5.69 Å². The van der Waals surface area contributed by atoms with Crippen LogP contribution in [0.15, 0.2) is 24.3 Å². The quantitative estimate of drug-likeness (QED) is 0.854. The lowest BCUT2D eigenvalue weighted by Crippen LogP contribution is -2.24. The number of halogens is 1. The Morgan fingerprint density at radius 1 is 1.37 bits per heavy atom. The first-order valence-corrected chi connectivity index (χ1v) is 6.63. The highest BCUT2D eigenvalue weighted by atomic mass is 19.1. The number of nitrogens with zero attached hydrogens (tertiary/aromatic N) is 2. The van der Waals surface area contributed by atoms with Gasteiger partial charge in [0.05, 0.1) is 11.4 Å². The molecule has 2 aromatic rings. The maximum atomic E-state index is 13.3. The maximum Gasteiger partial charge on any atom is 0.131 e. The molecule has 0 atom stereocenters. The zero-order valence-electron chi connectivity index (χ0n) is 11.3. The Kier molecular flexibility index (Phi) is 2.62. The zero-order valence-corrected chi connectivity index (χ0v) is 11.3. The predicted octanol–water partition coefficient (Wildman–Crippen LogP) is 3.21. The molecular formula is C15H18FN3. The summed E-state index contributed by atoms with van der Waals surface area (Å²) in [6.07, 6.45) is 3.18. The van der Waals surface area contributed by atoms with Crippen LogP contribution >= 0.6 is 0 Å². The second kappa shape index (κ2) is 4.08. The first-order valence-electron chi connectivity index (χ1n) is 6.63. The average Bonchev–Trinajstić information content (AvgIpc) is 2.67. The molecule has 0 unspecified atom stereocenters. The third-order valence-corrected chi connectivity index (χ3v) is 3.94. The van der Waals surface area contributed by atoms with Gasteiger partial charge in [-0.05, 0) is 42.9 Å². The summed E-state index contributed by atoms with van der Waals surface area (Å²) in [5.41, 5.74) is 9.17. The van der Waals surface area contributed by atoms with Gasteiger partial charge in [-0.3, -0.25) is 0 Å². The fourth-order valence-electron chi connectivity index (χ4n) is 3.02. The van der Waals surface area contributed by atoms with Gasteiger partial charge in [-0.25, -0.2) is 9.07 Å². The maximum absolute atomic E-state index is 13.3. The predicted molar refractivity (Wildman–Crippen MR) is 73.9 cm³/mol. The van der Waals surface area contributed by atoms with Gasteiger partial charge in [0.1, 0.15) is 11.6 Å². The highest BCUT2D eigenvalue weighted by molar-refractivity contribution is 5.54. The first-order chi connectivity index (χ1) is 8.99. The van der Waals surface area contributed by atoms with E-state index in [1.807, 2.05) is 6.07 Å². The van der Waals surface area contributed by atoms with Crippen molar-refractivity contribution in [2.24, 2.45) is 0 Å². The van der Waals surface area contributed by atoms with E-state index in [2.05, 4.69) is 18.9 Å². The number of fused-ring (bicyclic) bond motifs is 1. The number of anilines is 1. The smallest absolute Gasteiger partial charge is 0.131 e. The highest BCUT2D eigenvalue weighted by Gasteiger charge is 2.33. The molecule has 0 radical (unpaired) electrons. The third-order valence-electron chi connectivity index (χ3n) is 3.94. The minimum atomic E-state index is -0.273. The van der Waals surface area contributed by atoms with Crippen LogP contribution in [-0.4, -0.2) is 9.78 Å². The molecule has 0 saturated carbocycles. The molecule has 1 aromatic carbocycles. The molecule has 1 heterocycles. The molecule has 1 aromatic heterocycles. The van der Waals surface area contributed by atoms with E-state index in [4.69, 9.17) is 5.73 Å². The van der Waals surface area contributed by atoms with Crippen molar-refractivity contribution in [1.82, 2.24) is 9.78 Å². The van der Waals surface area contributed by atoms with E-state index in [9.17, 15) is 4.39 Å². The van der Waals surface area contributed by atoms with Crippen LogP contribution in [0.2, 0.25) is 0 Å². The first kappa shape index (κ1) is 12.2. The van der Waals surface area contributed by atoms with Gasteiger partial charge in [0, 0.05) is 5.56 Å². The number of hydrogen-bond acceptors (Lipinski definition) is 2. The summed E-state index contributed by atoms with van der Waals surface area (Å²) in [6, 6.07) is 6.38. The van der Waals surface area contributed by atoms with E-state index in [-0.39, 0.29) is 11.2 Å². The summed E-state index contributed by atoms with van der Waals surface area (Å²) in [4.78, 5) is 0. The molecule has 100 valence electrons. The van der Waals surface area contributed by atoms with Crippen molar-refractivity contribution < 1.29 is 4.39 Å². The fraction of sp³-hybridized carbons (Fsp3) is 0.400. The van der Waals surface area contributed by atoms with Crippen LogP contribution < -0.4 is 5.73 Å². The molecule has 3 rings (SSSR count). The van der Waals surface area contributed by atoms with Crippen LogP contribution in [-0.2, 0) is 11.8 Å². The van der Waals surface area contributed by atoms with E-state index in [1.165, 1.54) is 12.1 Å². The van der Waals surface area contributed by atoms with Gasteiger partial charge in [0.15, 0.2) is 0 Å². The van der Waals surface area contributed by atoms with Gasteiger partial charge in [0.2, 0.25) is 0 Å². The average molecular weight is 259 g/mol. The summed E-state index contributed by atoms with van der Waals surface area (Å²) in [6.45, 7) is 4.39. The Balaban J connectivity index is 2.18. The second-order valence-corrected chi connectivity index (χ2v) is 5.84. The number of hydrogen-bond donors (Lipinski definition) is 1. The molecule has 3 nitrogen and oxygen atoms in total. The van der Waals surface area contributed by atoms with Gasteiger partial charge in [-0.15, -0.1) is 0 Å². The van der Waals surface area contributed by atoms with Gasteiger partial charge in [-0.2, -0.15) is 5.10 Å². The molecule has 19 heavy (non-hydrogen) atoms. The monoisotopic (exact) mass is 259 g/mol. The van der Waals surface area contributed by atoms with Gasteiger partial charge in [0.25, 0.3) is 0 Å². The van der Waals surface area contributed by atoms with Crippen LogP contribution in [0.5, 0.6) is 0 Å². The summed E-state index contributed by atoms with van der Waals surface area (Å²) in [5.74, 6) is 0.370. The fourth-order valence-corrected chi connectivity index (χ4v) is 3.02. The van der Waals surface area contributed by atoms with Crippen molar-refractivity contribution in [3.63, 3.8) is 0 Å². The number of benzene rings is 1. The van der Waals surface area contributed by atoms with Crippen molar-refractivity contribution in [2.75, 3.05) is 5.73 Å². The van der Waals surface area contributed by atoms with Gasteiger partial charge < -0.3 is 5.73 Å². The molecule has 0 spiro atoms. The SMILES string of the molecule is CC1(C)CCCc2nn(-c3cccc(F)c3)c(N)c21. The largest absolute Gasteiger partial charge is 0.383 e. The zero-order chi connectivity index (χ0) is 13.6. The normalized spacial score (nSPS) is 17.2. The van der Waals surface area contributed by atoms with Crippen molar-refractivity contribution in [3.05, 3.63) is 41.3 Å². The van der Waals surface area contributed by atoms with Crippen molar-refractivity contribution >= 4 is 5.82 Å². The molecule has 0 fully saturated rings. The molecule has 0 saturated heterocycles. The second-order valence-electron chi connectivity index (χ2n) is 5.84. The third kappa shape index (κ3) is 1.91. The number of nitrogen functional groups attached to an aromatic ring is 1. The number of aromatic nitrogens is 2. The van der Waals surface area contributed by atoms with E-state index < -0.39 is 0 Å². The minimum Gasteiger partial charge on any atom is -0.383 e. The van der Waals surface area contributed by atoms with E-state index in [0.29, 0.717) is 11.5 Å². The Bertz CT molecular complexity index is 628. The number of rotatable bonds is 1. The molecule has 1 aliphatic rings. The Morgan fingerprint density at radius 3 is 2.84 bits per heavy atom. The van der Waals surface area contributed by atoms with Crippen molar-refractivity contribution in [1.29, 1.82) is 0 Å². The van der Waals surface area contributed by atoms with Crippen LogP contribution in [0.3, 0.4) is 0 Å². The summed E-state index contributed by atoms with van der Waals surface area (Å²) in [5, 5.41) is 4.58. The molecular weight excluding hydrogens is 241 g/mol. The summed E-state index contributed by atoms with van der Waals surface area (Å²) in [7, 11) is 0. The topological polar surface area (TPSA) is 43.8 Å². The minimum absolute atomic E-state index is 0.0449. The highest BCUT2D eigenvalue weighted by Crippen LogP contribution is 2.40. The standard InChI is InChI=1S/C15H18FN3/c1-15(2)8-4-7-12-13(15)14(17)19(18-12)11-6-3-5-10(16)9-11/h3,5-6,9H,4,7-8,17H2,1-2H3. The Labute approximate surface area is 112 Å². The van der Waals surface area contributed by atoms with Crippen LogP contribution in [0, 0.1) is 5.82 Å². The molecule has 1 aliphatic carbocycles. The Hall–Kier alpha value is -1.84.